The van der Waals surface area contributed by atoms with Gasteiger partial charge in [0.2, 0.25) is 0 Å². The summed E-state index contributed by atoms with van der Waals surface area (Å²) in [6, 6.07) is 9.99. The van der Waals surface area contributed by atoms with Crippen molar-refractivity contribution in [3.63, 3.8) is 0 Å². The maximum Gasteiger partial charge on any atom is 0.143 e. The molecule has 21 heavy (non-hydrogen) atoms. The highest BCUT2D eigenvalue weighted by Gasteiger charge is 2.30. The van der Waals surface area contributed by atoms with Crippen LogP contribution in [0.15, 0.2) is 30.3 Å². The molecule has 0 bridgehead atoms. The predicted octanol–water partition coefficient (Wildman–Crippen LogP) is 4.50. The Morgan fingerprint density at radius 3 is 2.24 bits per heavy atom. The predicted molar refractivity (Wildman–Crippen MR) is 88.4 cm³/mol. The number of hydrogen-bond donors (Lipinski definition) is 1. The Hall–Kier alpha value is -1.15. The van der Waals surface area contributed by atoms with Gasteiger partial charge in [-0.05, 0) is 45.6 Å². The largest absolute Gasteiger partial charge is 0.390 e. The van der Waals surface area contributed by atoms with Crippen LogP contribution in [0.1, 0.15) is 65.9 Å². The molecule has 1 rings (SSSR count). The van der Waals surface area contributed by atoms with Gasteiger partial charge in [-0.1, -0.05) is 50.1 Å². The van der Waals surface area contributed by atoms with Gasteiger partial charge < -0.3 is 5.11 Å². The first-order valence-corrected chi connectivity index (χ1v) is 7.94. The highest BCUT2D eigenvalue weighted by atomic mass is 16.3. The molecule has 1 N–H and O–H groups in total. The number of carbonyl (C=O) groups is 1. The third-order valence-corrected chi connectivity index (χ3v) is 4.21. The van der Waals surface area contributed by atoms with Crippen molar-refractivity contribution in [1.82, 2.24) is 0 Å². The summed E-state index contributed by atoms with van der Waals surface area (Å²) in [4.78, 5) is 12.6. The molecule has 0 aliphatic rings. The maximum atomic E-state index is 12.6. The van der Waals surface area contributed by atoms with Gasteiger partial charge in [0, 0.05) is 11.8 Å². The normalized spacial score (nSPS) is 14.0. The molecule has 0 saturated carbocycles. The van der Waals surface area contributed by atoms with Gasteiger partial charge >= 0.3 is 0 Å². The van der Waals surface area contributed by atoms with Crippen LogP contribution >= 0.6 is 0 Å². The quantitative estimate of drug-likeness (QED) is 0.765. The minimum Gasteiger partial charge on any atom is -0.390 e. The summed E-state index contributed by atoms with van der Waals surface area (Å²) in [7, 11) is 0. The Bertz CT molecular complexity index is 440. The smallest absolute Gasteiger partial charge is 0.143 e. The maximum absolute atomic E-state index is 12.6. The average molecular weight is 290 g/mol. The van der Waals surface area contributed by atoms with E-state index >= 15 is 0 Å². The van der Waals surface area contributed by atoms with Crippen molar-refractivity contribution >= 4 is 5.78 Å². The fourth-order valence-corrected chi connectivity index (χ4v) is 2.57. The highest BCUT2D eigenvalue weighted by molar-refractivity contribution is 5.89. The summed E-state index contributed by atoms with van der Waals surface area (Å²) in [6.07, 6.45) is 3.34. The Morgan fingerprint density at radius 1 is 1.14 bits per heavy atom. The summed E-state index contributed by atoms with van der Waals surface area (Å²) in [5, 5.41) is 9.72. The zero-order valence-electron chi connectivity index (χ0n) is 14.1. The van der Waals surface area contributed by atoms with Crippen molar-refractivity contribution in [3.05, 3.63) is 35.9 Å². The van der Waals surface area contributed by atoms with Gasteiger partial charge in [-0.25, -0.2) is 0 Å². The van der Waals surface area contributed by atoms with Crippen LogP contribution in [0.4, 0.5) is 0 Å². The number of benzene rings is 1. The van der Waals surface area contributed by atoms with Gasteiger partial charge in [-0.2, -0.15) is 0 Å². The van der Waals surface area contributed by atoms with Crippen LogP contribution in [0.5, 0.6) is 0 Å². The summed E-state index contributed by atoms with van der Waals surface area (Å²) >= 11 is 0. The molecule has 0 amide bonds. The van der Waals surface area contributed by atoms with E-state index in [4.69, 9.17) is 0 Å². The molecule has 0 spiro atoms. The molecule has 2 nitrogen and oxygen atoms in total. The van der Waals surface area contributed by atoms with E-state index in [1.54, 1.807) is 0 Å². The molecule has 0 aromatic heterocycles. The molecule has 0 aliphatic heterocycles. The van der Waals surface area contributed by atoms with Gasteiger partial charge in [0.1, 0.15) is 5.78 Å². The number of rotatable bonds is 8. The van der Waals surface area contributed by atoms with E-state index in [1.807, 2.05) is 58.0 Å². The molecular weight excluding hydrogens is 260 g/mol. The molecule has 0 saturated heterocycles. The topological polar surface area (TPSA) is 37.3 Å². The lowest BCUT2D eigenvalue weighted by Gasteiger charge is -2.26. The van der Waals surface area contributed by atoms with E-state index in [2.05, 4.69) is 6.92 Å². The number of aliphatic hydroxyl groups is 1. The fourth-order valence-electron chi connectivity index (χ4n) is 2.57. The van der Waals surface area contributed by atoms with Crippen molar-refractivity contribution in [2.24, 2.45) is 5.92 Å². The molecule has 0 aliphatic carbocycles. The second kappa shape index (κ2) is 7.22. The second-order valence-corrected chi connectivity index (χ2v) is 7.43. The summed E-state index contributed by atoms with van der Waals surface area (Å²) in [5.74, 6) is 0.660. The molecule has 1 unspecified atom stereocenters. The minimum absolute atomic E-state index is 0.296. The molecule has 1 aromatic carbocycles. The van der Waals surface area contributed by atoms with Crippen LogP contribution in [-0.2, 0) is 10.2 Å². The van der Waals surface area contributed by atoms with Crippen molar-refractivity contribution in [3.8, 4) is 0 Å². The lowest BCUT2D eigenvalue weighted by molar-refractivity contribution is -0.124. The van der Waals surface area contributed by atoms with E-state index in [0.29, 0.717) is 18.1 Å². The molecular formula is C19H30O2. The van der Waals surface area contributed by atoms with E-state index in [9.17, 15) is 9.90 Å². The zero-order chi connectivity index (χ0) is 16.1. The average Bonchev–Trinajstić information content (AvgIpc) is 2.38. The lowest BCUT2D eigenvalue weighted by Crippen LogP contribution is -2.30. The van der Waals surface area contributed by atoms with E-state index in [-0.39, 0.29) is 0 Å². The number of hydrogen-bond acceptors (Lipinski definition) is 2. The summed E-state index contributed by atoms with van der Waals surface area (Å²) in [5.41, 5.74) is 0.0532. The molecule has 1 atom stereocenters. The van der Waals surface area contributed by atoms with Gasteiger partial charge in [0.15, 0.2) is 0 Å². The number of ketones is 1. The Kier molecular flexibility index (Phi) is 6.15. The van der Waals surface area contributed by atoms with Crippen molar-refractivity contribution in [2.75, 3.05) is 0 Å². The molecule has 2 heteroatoms. The van der Waals surface area contributed by atoms with Crippen molar-refractivity contribution in [2.45, 2.75) is 71.3 Å². The third-order valence-electron chi connectivity index (χ3n) is 4.21. The number of carbonyl (C=O) groups excluding carboxylic acids is 1. The van der Waals surface area contributed by atoms with Gasteiger partial charge in [0.25, 0.3) is 0 Å². The first kappa shape index (κ1) is 17.9. The van der Waals surface area contributed by atoms with Gasteiger partial charge in [-0.3, -0.25) is 4.79 Å². The first-order valence-electron chi connectivity index (χ1n) is 7.94. The standard InChI is InChI=1S/C19H30O2/c1-15(10-9-13-18(2,3)21)14-17(20)19(4,5)16-11-7-6-8-12-16/h6-8,11-12,15,21H,9-10,13-14H2,1-5H3. The molecule has 0 fully saturated rings. The lowest BCUT2D eigenvalue weighted by atomic mass is 9.77. The van der Waals surface area contributed by atoms with Crippen LogP contribution in [0.2, 0.25) is 0 Å². The van der Waals surface area contributed by atoms with Gasteiger partial charge in [0.05, 0.1) is 5.60 Å². The number of Topliss-reactive ketones (excluding diaryl/α,β-unsaturated/α-hetero) is 1. The summed E-state index contributed by atoms with van der Waals surface area (Å²) in [6.45, 7) is 9.81. The van der Waals surface area contributed by atoms with Gasteiger partial charge in [-0.15, -0.1) is 0 Å². The van der Waals surface area contributed by atoms with E-state index in [1.165, 1.54) is 0 Å². The Labute approximate surface area is 129 Å². The first-order chi connectivity index (χ1) is 9.63. The van der Waals surface area contributed by atoms with E-state index < -0.39 is 11.0 Å². The summed E-state index contributed by atoms with van der Waals surface area (Å²) < 4.78 is 0. The third kappa shape index (κ3) is 6.01. The fraction of sp³-hybridized carbons (Fsp3) is 0.632. The molecule has 118 valence electrons. The zero-order valence-corrected chi connectivity index (χ0v) is 14.1. The van der Waals surface area contributed by atoms with Crippen LogP contribution in [0.25, 0.3) is 0 Å². The molecule has 1 aromatic rings. The molecule has 0 heterocycles. The Balaban J connectivity index is 2.52. The van der Waals surface area contributed by atoms with Crippen molar-refractivity contribution in [1.29, 1.82) is 0 Å². The second-order valence-electron chi connectivity index (χ2n) is 7.43. The van der Waals surface area contributed by atoms with Crippen LogP contribution in [-0.4, -0.2) is 16.5 Å². The highest BCUT2D eigenvalue weighted by Crippen LogP contribution is 2.28. The van der Waals surface area contributed by atoms with E-state index in [0.717, 1.165) is 24.8 Å². The van der Waals surface area contributed by atoms with Crippen molar-refractivity contribution < 1.29 is 9.90 Å². The molecule has 0 radical (unpaired) electrons. The monoisotopic (exact) mass is 290 g/mol. The minimum atomic E-state index is -0.604. The van der Waals surface area contributed by atoms with Crippen LogP contribution in [0, 0.1) is 5.92 Å². The SMILES string of the molecule is CC(CCCC(C)(C)O)CC(=O)C(C)(C)c1ccccc1. The van der Waals surface area contributed by atoms with Crippen LogP contribution in [0.3, 0.4) is 0 Å². The van der Waals surface area contributed by atoms with Crippen LogP contribution < -0.4 is 0 Å². The Morgan fingerprint density at radius 2 is 1.71 bits per heavy atom.